The van der Waals surface area contributed by atoms with Crippen LogP contribution in [0, 0.1) is 0 Å². The van der Waals surface area contributed by atoms with E-state index in [1.54, 1.807) is 0 Å². The third-order valence-corrected chi connectivity index (χ3v) is 3.42. The Labute approximate surface area is 112 Å². The number of hydrogen-bond donors (Lipinski definition) is 1. The average Bonchev–Trinajstić information content (AvgIpc) is 2.18. The molecule has 5 heteroatoms. The lowest BCUT2D eigenvalue weighted by atomic mass is 10.1. The molecule has 1 aromatic carbocycles. The van der Waals surface area contributed by atoms with Crippen molar-refractivity contribution in [1.82, 2.24) is 0 Å². The molecule has 0 aliphatic carbocycles. The standard InChI is InChI=1S/C10H9BrCl3N/c11-7-3-1-6(2-4-7)9(15)5-8(12)10(13)14/h1-4,9H,5,15H2. The van der Waals surface area contributed by atoms with Crippen LogP contribution in [0.5, 0.6) is 0 Å². The third-order valence-electron chi connectivity index (χ3n) is 1.90. The maximum atomic E-state index is 5.93. The van der Waals surface area contributed by atoms with Crippen LogP contribution in [-0.2, 0) is 0 Å². The lowest BCUT2D eigenvalue weighted by Gasteiger charge is -2.11. The Morgan fingerprint density at radius 3 is 2.20 bits per heavy atom. The van der Waals surface area contributed by atoms with Crippen LogP contribution >= 0.6 is 50.7 Å². The van der Waals surface area contributed by atoms with Crippen LogP contribution in [0.25, 0.3) is 0 Å². The summed E-state index contributed by atoms with van der Waals surface area (Å²) < 4.78 is 1.08. The average molecular weight is 329 g/mol. The maximum Gasteiger partial charge on any atom is 0.121 e. The smallest absolute Gasteiger partial charge is 0.121 e. The summed E-state index contributed by atoms with van der Waals surface area (Å²) in [6.45, 7) is 0. The maximum absolute atomic E-state index is 5.93. The minimum atomic E-state index is -0.196. The van der Waals surface area contributed by atoms with Crippen LogP contribution in [-0.4, -0.2) is 0 Å². The van der Waals surface area contributed by atoms with E-state index in [4.69, 9.17) is 40.5 Å². The number of rotatable bonds is 3. The van der Waals surface area contributed by atoms with Crippen molar-refractivity contribution >= 4 is 50.7 Å². The van der Waals surface area contributed by atoms with Gasteiger partial charge in [-0.2, -0.15) is 0 Å². The van der Waals surface area contributed by atoms with Gasteiger partial charge < -0.3 is 5.73 Å². The molecular weight excluding hydrogens is 320 g/mol. The normalized spacial score (nSPS) is 12.3. The molecule has 0 spiro atoms. The summed E-state index contributed by atoms with van der Waals surface area (Å²) in [4.78, 5) is 0. The van der Waals surface area contributed by atoms with Crippen molar-refractivity contribution in [2.45, 2.75) is 12.5 Å². The molecule has 2 N–H and O–H groups in total. The predicted molar refractivity (Wildman–Crippen MR) is 70.3 cm³/mol. The summed E-state index contributed by atoms with van der Waals surface area (Å²) in [5.41, 5.74) is 6.92. The first-order valence-electron chi connectivity index (χ1n) is 4.21. The van der Waals surface area contributed by atoms with E-state index in [0.717, 1.165) is 10.0 Å². The zero-order chi connectivity index (χ0) is 11.4. The fourth-order valence-corrected chi connectivity index (χ4v) is 1.68. The van der Waals surface area contributed by atoms with Crippen LogP contribution in [0.15, 0.2) is 38.3 Å². The van der Waals surface area contributed by atoms with E-state index in [1.807, 2.05) is 24.3 Å². The van der Waals surface area contributed by atoms with Gasteiger partial charge in [0, 0.05) is 16.9 Å². The number of halogens is 4. The van der Waals surface area contributed by atoms with E-state index >= 15 is 0 Å². The lowest BCUT2D eigenvalue weighted by Crippen LogP contribution is -2.10. The molecule has 1 rings (SSSR count). The van der Waals surface area contributed by atoms with Gasteiger partial charge in [-0.1, -0.05) is 62.9 Å². The van der Waals surface area contributed by atoms with Crippen molar-refractivity contribution in [3.8, 4) is 0 Å². The van der Waals surface area contributed by atoms with Gasteiger partial charge in [0.05, 0.1) is 5.03 Å². The summed E-state index contributed by atoms with van der Waals surface area (Å²) in [6.07, 6.45) is 0.436. The summed E-state index contributed by atoms with van der Waals surface area (Å²) in [5.74, 6) is 0. The zero-order valence-electron chi connectivity index (χ0n) is 7.68. The van der Waals surface area contributed by atoms with Gasteiger partial charge in [-0.15, -0.1) is 0 Å². The van der Waals surface area contributed by atoms with Crippen LogP contribution in [0.3, 0.4) is 0 Å². The molecule has 1 aromatic rings. The molecule has 0 amide bonds. The van der Waals surface area contributed by atoms with Crippen LogP contribution in [0.1, 0.15) is 18.0 Å². The molecule has 0 saturated heterocycles. The van der Waals surface area contributed by atoms with E-state index in [1.165, 1.54) is 0 Å². The molecular formula is C10H9BrCl3N. The van der Waals surface area contributed by atoms with E-state index in [9.17, 15) is 0 Å². The Bertz CT molecular complexity index is 357. The summed E-state index contributed by atoms with van der Waals surface area (Å²) >= 11 is 20.2. The molecule has 0 saturated carbocycles. The summed E-state index contributed by atoms with van der Waals surface area (Å²) in [6, 6.07) is 7.52. The highest BCUT2D eigenvalue weighted by atomic mass is 79.9. The predicted octanol–water partition coefficient (Wildman–Crippen LogP) is 4.72. The van der Waals surface area contributed by atoms with Crippen molar-refractivity contribution in [2.75, 3.05) is 0 Å². The molecule has 0 heterocycles. The molecule has 82 valence electrons. The Balaban J connectivity index is 2.73. The highest BCUT2D eigenvalue weighted by Crippen LogP contribution is 2.27. The van der Waals surface area contributed by atoms with Gasteiger partial charge in [0.1, 0.15) is 4.49 Å². The van der Waals surface area contributed by atoms with Crippen LogP contribution in [0.2, 0.25) is 0 Å². The Morgan fingerprint density at radius 1 is 1.20 bits per heavy atom. The quantitative estimate of drug-likeness (QED) is 0.853. The lowest BCUT2D eigenvalue weighted by molar-refractivity contribution is 0.733. The van der Waals surface area contributed by atoms with E-state index in [0.29, 0.717) is 11.5 Å². The van der Waals surface area contributed by atoms with E-state index in [-0.39, 0.29) is 10.5 Å². The highest BCUT2D eigenvalue weighted by molar-refractivity contribution is 9.10. The molecule has 0 fully saturated rings. The molecule has 15 heavy (non-hydrogen) atoms. The van der Waals surface area contributed by atoms with Crippen molar-refractivity contribution in [3.05, 3.63) is 43.8 Å². The topological polar surface area (TPSA) is 26.0 Å². The van der Waals surface area contributed by atoms with Gasteiger partial charge in [0.15, 0.2) is 0 Å². The van der Waals surface area contributed by atoms with Crippen LogP contribution < -0.4 is 5.73 Å². The number of benzene rings is 1. The molecule has 0 bridgehead atoms. The zero-order valence-corrected chi connectivity index (χ0v) is 11.5. The molecule has 0 aromatic heterocycles. The van der Waals surface area contributed by atoms with Gasteiger partial charge in [-0.3, -0.25) is 0 Å². The molecule has 0 radical (unpaired) electrons. The largest absolute Gasteiger partial charge is 0.324 e. The van der Waals surface area contributed by atoms with Gasteiger partial charge in [0.25, 0.3) is 0 Å². The molecule has 1 nitrogen and oxygen atoms in total. The van der Waals surface area contributed by atoms with E-state index in [2.05, 4.69) is 15.9 Å². The van der Waals surface area contributed by atoms with Crippen molar-refractivity contribution < 1.29 is 0 Å². The first kappa shape index (κ1) is 13.3. The second kappa shape index (κ2) is 6.12. The number of hydrogen-bond acceptors (Lipinski definition) is 1. The van der Waals surface area contributed by atoms with Crippen molar-refractivity contribution in [3.63, 3.8) is 0 Å². The van der Waals surface area contributed by atoms with Crippen LogP contribution in [0.4, 0.5) is 0 Å². The van der Waals surface area contributed by atoms with Crippen molar-refractivity contribution in [1.29, 1.82) is 0 Å². The highest BCUT2D eigenvalue weighted by Gasteiger charge is 2.09. The minimum absolute atomic E-state index is 0.0734. The third kappa shape index (κ3) is 4.33. The molecule has 0 aliphatic heterocycles. The Hall–Kier alpha value is 0.270. The number of nitrogens with two attached hydrogens (primary N) is 1. The van der Waals surface area contributed by atoms with Gasteiger partial charge in [0.2, 0.25) is 0 Å². The Kier molecular flexibility index (Phi) is 5.44. The fraction of sp³-hybridized carbons (Fsp3) is 0.200. The monoisotopic (exact) mass is 327 g/mol. The first-order valence-corrected chi connectivity index (χ1v) is 6.14. The van der Waals surface area contributed by atoms with E-state index < -0.39 is 0 Å². The summed E-state index contributed by atoms with van der Waals surface area (Å²) in [7, 11) is 0. The second-order valence-electron chi connectivity index (χ2n) is 3.03. The second-order valence-corrected chi connectivity index (χ2v) is 5.35. The van der Waals surface area contributed by atoms with Gasteiger partial charge >= 0.3 is 0 Å². The fourth-order valence-electron chi connectivity index (χ4n) is 1.10. The Morgan fingerprint density at radius 2 is 1.73 bits per heavy atom. The van der Waals surface area contributed by atoms with Gasteiger partial charge in [-0.05, 0) is 17.7 Å². The van der Waals surface area contributed by atoms with Gasteiger partial charge in [-0.25, -0.2) is 0 Å². The first-order chi connectivity index (χ1) is 7.00. The molecule has 1 unspecified atom stereocenters. The molecule has 0 aliphatic rings. The SMILES string of the molecule is NC(CC(Cl)=C(Cl)Cl)c1ccc(Br)cc1. The van der Waals surface area contributed by atoms with Crippen molar-refractivity contribution in [2.24, 2.45) is 5.73 Å². The molecule has 1 atom stereocenters. The minimum Gasteiger partial charge on any atom is -0.324 e. The summed E-state index contributed by atoms with van der Waals surface area (Å²) in [5, 5.41) is 0.383.